The highest BCUT2D eigenvalue weighted by Gasteiger charge is 2.25. The summed E-state index contributed by atoms with van der Waals surface area (Å²) in [7, 11) is 0. The van der Waals surface area contributed by atoms with Gasteiger partial charge < -0.3 is 14.9 Å². The van der Waals surface area contributed by atoms with Gasteiger partial charge in [-0.1, -0.05) is 67.6 Å². The molecule has 0 unspecified atom stereocenters. The Labute approximate surface area is 125 Å². The van der Waals surface area contributed by atoms with Gasteiger partial charge in [-0.3, -0.25) is 0 Å². The standard InChI is InChI=1S/C18H22O3/c1-18(12-19,13-20)14-21-17(15-8-4-2-5-9-15)16-10-6-3-7-11-16/h2-11,17,19-20H,12-14H2,1H3. The van der Waals surface area contributed by atoms with Crippen molar-refractivity contribution in [2.24, 2.45) is 5.41 Å². The molecule has 0 aromatic heterocycles. The molecule has 2 aromatic carbocycles. The van der Waals surface area contributed by atoms with E-state index in [2.05, 4.69) is 0 Å². The van der Waals surface area contributed by atoms with Crippen molar-refractivity contribution in [1.82, 2.24) is 0 Å². The Hall–Kier alpha value is -1.68. The van der Waals surface area contributed by atoms with Crippen LogP contribution in [0.25, 0.3) is 0 Å². The molecule has 112 valence electrons. The molecule has 0 spiro atoms. The maximum absolute atomic E-state index is 9.40. The van der Waals surface area contributed by atoms with Crippen LogP contribution in [0.4, 0.5) is 0 Å². The Morgan fingerprint density at radius 2 is 1.29 bits per heavy atom. The minimum absolute atomic E-state index is 0.111. The smallest absolute Gasteiger partial charge is 0.108 e. The summed E-state index contributed by atoms with van der Waals surface area (Å²) in [5.41, 5.74) is 1.48. The maximum Gasteiger partial charge on any atom is 0.108 e. The number of rotatable bonds is 7. The molecule has 0 aliphatic heterocycles. The van der Waals surface area contributed by atoms with E-state index >= 15 is 0 Å². The molecule has 2 aromatic rings. The SMILES string of the molecule is CC(CO)(CO)COC(c1ccccc1)c1ccccc1. The first-order chi connectivity index (χ1) is 10.2. The van der Waals surface area contributed by atoms with Gasteiger partial charge in [0.2, 0.25) is 0 Å². The van der Waals surface area contributed by atoms with Crippen molar-refractivity contribution in [3.05, 3.63) is 71.8 Å². The molecule has 3 nitrogen and oxygen atoms in total. The van der Waals surface area contributed by atoms with Gasteiger partial charge in [0.25, 0.3) is 0 Å². The summed E-state index contributed by atoms with van der Waals surface area (Å²) < 4.78 is 6.04. The van der Waals surface area contributed by atoms with Crippen molar-refractivity contribution in [1.29, 1.82) is 0 Å². The van der Waals surface area contributed by atoms with Crippen LogP contribution < -0.4 is 0 Å². The predicted octanol–water partition coefficient (Wildman–Crippen LogP) is 2.78. The molecule has 2 rings (SSSR count). The van der Waals surface area contributed by atoms with Crippen LogP contribution >= 0.6 is 0 Å². The van der Waals surface area contributed by atoms with E-state index in [4.69, 9.17) is 4.74 Å². The first-order valence-corrected chi connectivity index (χ1v) is 7.12. The monoisotopic (exact) mass is 286 g/mol. The number of benzene rings is 2. The lowest BCUT2D eigenvalue weighted by molar-refractivity contribution is -0.0372. The fraction of sp³-hybridized carbons (Fsp3) is 0.333. The zero-order valence-corrected chi connectivity index (χ0v) is 12.3. The largest absolute Gasteiger partial charge is 0.396 e. The number of aliphatic hydroxyl groups excluding tert-OH is 2. The highest BCUT2D eigenvalue weighted by Crippen LogP contribution is 2.28. The minimum atomic E-state index is -0.637. The summed E-state index contributed by atoms with van der Waals surface area (Å²) in [4.78, 5) is 0. The summed E-state index contributed by atoms with van der Waals surface area (Å²) in [6.07, 6.45) is -0.204. The topological polar surface area (TPSA) is 49.7 Å². The third-order valence-corrected chi connectivity index (χ3v) is 3.57. The van der Waals surface area contributed by atoms with E-state index in [-0.39, 0.29) is 25.9 Å². The van der Waals surface area contributed by atoms with Gasteiger partial charge in [0.1, 0.15) is 6.10 Å². The summed E-state index contributed by atoms with van der Waals surface area (Å²) in [5.74, 6) is 0. The third-order valence-electron chi connectivity index (χ3n) is 3.57. The van der Waals surface area contributed by atoms with Gasteiger partial charge >= 0.3 is 0 Å². The van der Waals surface area contributed by atoms with Gasteiger partial charge in [0.05, 0.1) is 19.8 Å². The van der Waals surface area contributed by atoms with Gasteiger partial charge in [-0.15, -0.1) is 0 Å². The highest BCUT2D eigenvalue weighted by molar-refractivity contribution is 5.29. The Bertz CT molecular complexity index is 481. The molecule has 2 N–H and O–H groups in total. The number of ether oxygens (including phenoxy) is 1. The van der Waals surface area contributed by atoms with Gasteiger partial charge in [-0.2, -0.15) is 0 Å². The molecule has 0 aliphatic carbocycles. The number of hydrogen-bond donors (Lipinski definition) is 2. The van der Waals surface area contributed by atoms with Crippen molar-refractivity contribution < 1.29 is 14.9 Å². The van der Waals surface area contributed by atoms with E-state index in [1.165, 1.54) is 0 Å². The van der Waals surface area contributed by atoms with Crippen LogP contribution in [0, 0.1) is 5.41 Å². The molecule has 0 heterocycles. The second-order valence-corrected chi connectivity index (χ2v) is 5.64. The lowest BCUT2D eigenvalue weighted by atomic mass is 9.94. The minimum Gasteiger partial charge on any atom is -0.396 e. The molecular weight excluding hydrogens is 264 g/mol. The van der Waals surface area contributed by atoms with Crippen LogP contribution in [0.15, 0.2) is 60.7 Å². The Kier molecular flexibility index (Phi) is 5.51. The molecule has 0 amide bonds. The van der Waals surface area contributed by atoms with E-state index in [0.29, 0.717) is 0 Å². The van der Waals surface area contributed by atoms with E-state index in [1.807, 2.05) is 60.7 Å². The van der Waals surface area contributed by atoms with Gasteiger partial charge in [-0.05, 0) is 11.1 Å². The first kappa shape index (κ1) is 15.7. The molecule has 0 atom stereocenters. The molecule has 0 aliphatic rings. The van der Waals surface area contributed by atoms with E-state index < -0.39 is 5.41 Å². The zero-order valence-electron chi connectivity index (χ0n) is 12.3. The highest BCUT2D eigenvalue weighted by atomic mass is 16.5. The van der Waals surface area contributed by atoms with Crippen molar-refractivity contribution in [3.63, 3.8) is 0 Å². The molecule has 0 saturated heterocycles. The van der Waals surface area contributed by atoms with Gasteiger partial charge in [-0.25, -0.2) is 0 Å². The fourth-order valence-electron chi connectivity index (χ4n) is 2.07. The molecule has 3 heteroatoms. The maximum atomic E-state index is 9.40. The molecular formula is C18H22O3. The molecule has 0 saturated carbocycles. The molecule has 0 bridgehead atoms. The van der Waals surface area contributed by atoms with E-state index in [1.54, 1.807) is 6.92 Å². The van der Waals surface area contributed by atoms with Crippen molar-refractivity contribution >= 4 is 0 Å². The normalized spacial score (nSPS) is 11.8. The zero-order chi connectivity index (χ0) is 15.1. The lowest BCUT2D eigenvalue weighted by Crippen LogP contribution is -2.32. The van der Waals surface area contributed by atoms with Crippen molar-refractivity contribution in [2.45, 2.75) is 13.0 Å². The Morgan fingerprint density at radius 3 is 1.67 bits per heavy atom. The quantitative estimate of drug-likeness (QED) is 0.823. The summed E-state index contributed by atoms with van der Waals surface area (Å²) in [6, 6.07) is 19.9. The van der Waals surface area contributed by atoms with Gasteiger partial charge in [0, 0.05) is 5.41 Å². The second-order valence-electron chi connectivity index (χ2n) is 5.64. The predicted molar refractivity (Wildman–Crippen MR) is 83.0 cm³/mol. The van der Waals surface area contributed by atoms with Crippen LogP contribution in [-0.2, 0) is 4.74 Å². The Morgan fingerprint density at radius 1 is 0.857 bits per heavy atom. The van der Waals surface area contributed by atoms with Crippen LogP contribution in [0.3, 0.4) is 0 Å². The van der Waals surface area contributed by atoms with Crippen LogP contribution in [0.1, 0.15) is 24.2 Å². The second kappa shape index (κ2) is 7.36. The molecule has 0 radical (unpaired) electrons. The summed E-state index contributed by atoms with van der Waals surface area (Å²) in [5, 5.41) is 18.8. The van der Waals surface area contributed by atoms with Crippen molar-refractivity contribution in [3.8, 4) is 0 Å². The number of aliphatic hydroxyl groups is 2. The van der Waals surface area contributed by atoms with Crippen LogP contribution in [-0.4, -0.2) is 30.0 Å². The summed E-state index contributed by atoms with van der Waals surface area (Å²) >= 11 is 0. The molecule has 0 fully saturated rings. The average molecular weight is 286 g/mol. The van der Waals surface area contributed by atoms with E-state index in [0.717, 1.165) is 11.1 Å². The third kappa shape index (κ3) is 4.14. The van der Waals surface area contributed by atoms with Crippen LogP contribution in [0.2, 0.25) is 0 Å². The van der Waals surface area contributed by atoms with Crippen LogP contribution in [0.5, 0.6) is 0 Å². The summed E-state index contributed by atoms with van der Waals surface area (Å²) in [6.45, 7) is 1.87. The Balaban J connectivity index is 2.22. The fourth-order valence-corrected chi connectivity index (χ4v) is 2.07. The first-order valence-electron chi connectivity index (χ1n) is 7.12. The average Bonchev–Trinajstić information content (AvgIpc) is 2.57. The lowest BCUT2D eigenvalue weighted by Gasteiger charge is -2.28. The van der Waals surface area contributed by atoms with Crippen molar-refractivity contribution in [2.75, 3.05) is 19.8 Å². The van der Waals surface area contributed by atoms with E-state index in [9.17, 15) is 10.2 Å². The number of hydrogen-bond acceptors (Lipinski definition) is 3. The molecule has 21 heavy (non-hydrogen) atoms. The van der Waals surface area contributed by atoms with Gasteiger partial charge in [0.15, 0.2) is 0 Å².